The van der Waals surface area contributed by atoms with Gasteiger partial charge in [0.1, 0.15) is 0 Å². The van der Waals surface area contributed by atoms with Crippen molar-refractivity contribution in [2.75, 3.05) is 25.0 Å². The van der Waals surface area contributed by atoms with Crippen molar-refractivity contribution >= 4 is 23.5 Å². The van der Waals surface area contributed by atoms with Crippen LogP contribution >= 0.6 is 0 Å². The van der Waals surface area contributed by atoms with E-state index < -0.39 is 5.97 Å². The molecular formula is C22H30N2O4. The minimum absolute atomic E-state index is 0.0314. The summed E-state index contributed by atoms with van der Waals surface area (Å²) in [4.78, 5) is 38.0. The molecule has 6 nitrogen and oxygen atoms in total. The number of para-hydroxylation sites is 1. The minimum atomic E-state index is -0.468. The first-order valence-electron chi connectivity index (χ1n) is 10.0. The number of nitrogens with one attached hydrogen (secondary N) is 1. The van der Waals surface area contributed by atoms with E-state index in [1.54, 1.807) is 36.1 Å². The van der Waals surface area contributed by atoms with Crippen LogP contribution < -0.4 is 5.32 Å². The predicted molar refractivity (Wildman–Crippen MR) is 109 cm³/mol. The van der Waals surface area contributed by atoms with Gasteiger partial charge in [-0.25, -0.2) is 4.79 Å². The summed E-state index contributed by atoms with van der Waals surface area (Å²) in [5.74, 6) is -0.736. The number of amides is 2. The predicted octanol–water partition coefficient (Wildman–Crippen LogP) is 3.93. The third kappa shape index (κ3) is 6.83. The standard InChI is InChI=1S/C22H30N2O4/c1-3-28-22(27)19-11-7-8-12-20(19)23-21(26)14-16-24(17(2)25)15-13-18-9-5-4-6-10-18/h7-9,11-12H,3-6,10,13-16H2,1-2H3,(H,23,26). The largest absolute Gasteiger partial charge is 0.462 e. The summed E-state index contributed by atoms with van der Waals surface area (Å²) in [6.07, 6.45) is 8.01. The van der Waals surface area contributed by atoms with Crippen molar-refractivity contribution in [3.05, 3.63) is 41.5 Å². The molecule has 0 fully saturated rings. The molecule has 0 radical (unpaired) electrons. The fourth-order valence-electron chi connectivity index (χ4n) is 3.27. The molecule has 0 spiro atoms. The van der Waals surface area contributed by atoms with E-state index in [0.717, 1.165) is 19.3 Å². The number of rotatable bonds is 9. The lowest BCUT2D eigenvalue weighted by Gasteiger charge is -2.22. The van der Waals surface area contributed by atoms with Gasteiger partial charge in [0.15, 0.2) is 0 Å². The molecular weight excluding hydrogens is 356 g/mol. The van der Waals surface area contributed by atoms with Crippen molar-refractivity contribution in [3.63, 3.8) is 0 Å². The second-order valence-corrected chi connectivity index (χ2v) is 6.93. The smallest absolute Gasteiger partial charge is 0.340 e. The van der Waals surface area contributed by atoms with Crippen molar-refractivity contribution in [2.24, 2.45) is 0 Å². The molecule has 0 heterocycles. The lowest BCUT2D eigenvalue weighted by molar-refractivity contribution is -0.129. The first-order valence-corrected chi connectivity index (χ1v) is 10.0. The zero-order valence-electron chi connectivity index (χ0n) is 16.8. The van der Waals surface area contributed by atoms with Crippen molar-refractivity contribution in [1.82, 2.24) is 4.90 Å². The van der Waals surface area contributed by atoms with Gasteiger partial charge < -0.3 is 15.0 Å². The minimum Gasteiger partial charge on any atom is -0.462 e. The Balaban J connectivity index is 1.88. The van der Waals surface area contributed by atoms with Crippen LogP contribution in [0.2, 0.25) is 0 Å². The lowest BCUT2D eigenvalue weighted by Crippen LogP contribution is -2.33. The van der Waals surface area contributed by atoms with Crippen LogP contribution in [0.1, 0.15) is 62.7 Å². The molecule has 0 unspecified atom stereocenters. The molecule has 6 heteroatoms. The van der Waals surface area contributed by atoms with Crippen LogP contribution in [-0.2, 0) is 14.3 Å². The fraction of sp³-hybridized carbons (Fsp3) is 0.500. The first-order chi connectivity index (χ1) is 13.5. The Labute approximate surface area is 166 Å². The number of nitrogens with zero attached hydrogens (tertiary/aromatic N) is 1. The van der Waals surface area contributed by atoms with Crippen LogP contribution in [0.5, 0.6) is 0 Å². The molecule has 1 aromatic rings. The molecule has 1 aliphatic carbocycles. The van der Waals surface area contributed by atoms with E-state index >= 15 is 0 Å². The molecule has 0 saturated carbocycles. The summed E-state index contributed by atoms with van der Waals surface area (Å²) in [7, 11) is 0. The molecule has 1 N–H and O–H groups in total. The lowest BCUT2D eigenvalue weighted by atomic mass is 9.97. The number of benzene rings is 1. The summed E-state index contributed by atoms with van der Waals surface area (Å²) >= 11 is 0. The van der Waals surface area contributed by atoms with Gasteiger partial charge in [-0.2, -0.15) is 0 Å². The molecule has 0 aliphatic heterocycles. The Hall–Kier alpha value is -2.63. The molecule has 1 aliphatic rings. The molecule has 0 aromatic heterocycles. The number of hydrogen-bond acceptors (Lipinski definition) is 4. The number of allylic oxidation sites excluding steroid dienone is 1. The maximum absolute atomic E-state index is 12.4. The molecule has 0 saturated heterocycles. The fourth-order valence-corrected chi connectivity index (χ4v) is 3.27. The number of hydrogen-bond donors (Lipinski definition) is 1. The molecule has 1 aromatic carbocycles. The van der Waals surface area contributed by atoms with Gasteiger partial charge in [0, 0.05) is 26.4 Å². The Morgan fingerprint density at radius 1 is 1.14 bits per heavy atom. The highest BCUT2D eigenvalue weighted by molar-refractivity contribution is 6.01. The number of esters is 1. The average molecular weight is 386 g/mol. The normalized spacial score (nSPS) is 13.4. The monoisotopic (exact) mass is 386 g/mol. The van der Waals surface area contributed by atoms with Gasteiger partial charge in [0.25, 0.3) is 0 Å². The summed E-state index contributed by atoms with van der Waals surface area (Å²) in [6.45, 7) is 4.52. The van der Waals surface area contributed by atoms with Crippen molar-refractivity contribution < 1.29 is 19.1 Å². The molecule has 152 valence electrons. The van der Waals surface area contributed by atoms with Crippen molar-refractivity contribution in [3.8, 4) is 0 Å². The average Bonchev–Trinajstić information content (AvgIpc) is 2.69. The van der Waals surface area contributed by atoms with E-state index in [-0.39, 0.29) is 24.8 Å². The van der Waals surface area contributed by atoms with Crippen LogP contribution in [0.4, 0.5) is 5.69 Å². The summed E-state index contributed by atoms with van der Waals surface area (Å²) in [6, 6.07) is 6.76. The van der Waals surface area contributed by atoms with Gasteiger partial charge >= 0.3 is 5.97 Å². The third-order valence-electron chi connectivity index (χ3n) is 4.84. The molecule has 0 atom stereocenters. The highest BCUT2D eigenvalue weighted by atomic mass is 16.5. The quantitative estimate of drug-likeness (QED) is 0.515. The number of anilines is 1. The number of carbonyl (C=O) groups excluding carboxylic acids is 3. The zero-order valence-corrected chi connectivity index (χ0v) is 16.8. The van der Waals surface area contributed by atoms with Gasteiger partial charge in [0.2, 0.25) is 11.8 Å². The van der Waals surface area contributed by atoms with E-state index in [1.165, 1.54) is 25.3 Å². The zero-order chi connectivity index (χ0) is 20.4. The third-order valence-corrected chi connectivity index (χ3v) is 4.84. The highest BCUT2D eigenvalue weighted by Gasteiger charge is 2.16. The van der Waals surface area contributed by atoms with E-state index in [2.05, 4.69) is 11.4 Å². The second kappa shape index (κ2) is 11.3. The van der Waals surface area contributed by atoms with Crippen LogP contribution in [0.3, 0.4) is 0 Å². The van der Waals surface area contributed by atoms with Gasteiger partial charge in [-0.1, -0.05) is 23.8 Å². The maximum Gasteiger partial charge on any atom is 0.340 e. The Kier molecular flexibility index (Phi) is 8.72. The van der Waals surface area contributed by atoms with E-state index in [1.807, 2.05) is 0 Å². The Morgan fingerprint density at radius 3 is 2.61 bits per heavy atom. The van der Waals surface area contributed by atoms with Crippen LogP contribution in [0.15, 0.2) is 35.9 Å². The molecule has 28 heavy (non-hydrogen) atoms. The van der Waals surface area contributed by atoms with Gasteiger partial charge in [-0.05, 0) is 51.2 Å². The van der Waals surface area contributed by atoms with E-state index in [0.29, 0.717) is 24.3 Å². The van der Waals surface area contributed by atoms with Crippen molar-refractivity contribution in [2.45, 2.75) is 52.4 Å². The number of ether oxygens (including phenoxy) is 1. The van der Waals surface area contributed by atoms with Gasteiger partial charge in [-0.15, -0.1) is 0 Å². The highest BCUT2D eigenvalue weighted by Crippen LogP contribution is 2.20. The molecule has 0 bridgehead atoms. The van der Waals surface area contributed by atoms with Crippen molar-refractivity contribution in [1.29, 1.82) is 0 Å². The molecule has 2 amide bonds. The van der Waals surface area contributed by atoms with Crippen LogP contribution in [-0.4, -0.2) is 42.4 Å². The van der Waals surface area contributed by atoms with Gasteiger partial charge in [0.05, 0.1) is 17.9 Å². The second-order valence-electron chi connectivity index (χ2n) is 6.93. The molecule has 2 rings (SSSR count). The van der Waals surface area contributed by atoms with Crippen LogP contribution in [0.25, 0.3) is 0 Å². The Morgan fingerprint density at radius 2 is 1.93 bits per heavy atom. The number of carbonyl (C=O) groups is 3. The summed E-state index contributed by atoms with van der Waals surface area (Å²) in [5.41, 5.74) is 2.16. The van der Waals surface area contributed by atoms with E-state index in [4.69, 9.17) is 4.74 Å². The first kappa shape index (κ1) is 21.7. The Bertz CT molecular complexity index is 727. The van der Waals surface area contributed by atoms with Gasteiger partial charge in [-0.3, -0.25) is 9.59 Å². The summed E-state index contributed by atoms with van der Waals surface area (Å²) < 4.78 is 5.02. The maximum atomic E-state index is 12.4. The SMILES string of the molecule is CCOC(=O)c1ccccc1NC(=O)CCN(CCC1=CCCCC1)C(C)=O. The van der Waals surface area contributed by atoms with Crippen LogP contribution in [0, 0.1) is 0 Å². The van der Waals surface area contributed by atoms with E-state index in [9.17, 15) is 14.4 Å². The summed E-state index contributed by atoms with van der Waals surface area (Å²) in [5, 5.41) is 2.76. The topological polar surface area (TPSA) is 75.7 Å².